The minimum Gasteiger partial charge on any atom is -0.314 e. The highest BCUT2D eigenvalue weighted by Crippen LogP contribution is 2.35. The van der Waals surface area contributed by atoms with Gasteiger partial charge in [0, 0.05) is 19.8 Å². The molecule has 1 aliphatic rings. The van der Waals surface area contributed by atoms with E-state index in [2.05, 4.69) is 15.6 Å². The number of piperidine rings is 1. The van der Waals surface area contributed by atoms with Crippen molar-refractivity contribution in [2.24, 2.45) is 4.99 Å². The van der Waals surface area contributed by atoms with Crippen molar-refractivity contribution in [3.05, 3.63) is 29.3 Å². The second kappa shape index (κ2) is 7.17. The predicted molar refractivity (Wildman–Crippen MR) is 87.5 cm³/mol. The molecule has 1 heterocycles. The largest absolute Gasteiger partial charge is 0.314 e. The van der Waals surface area contributed by atoms with E-state index in [-0.39, 0.29) is 17.7 Å². The zero-order valence-corrected chi connectivity index (χ0v) is 13.6. The van der Waals surface area contributed by atoms with Gasteiger partial charge in [-0.3, -0.25) is 19.7 Å². The molecule has 0 saturated carbocycles. The zero-order chi connectivity index (χ0) is 17.0. The Morgan fingerprint density at radius 1 is 1.39 bits per heavy atom. The zero-order valence-electron chi connectivity index (χ0n) is 13.6. The third-order valence-electron chi connectivity index (χ3n) is 3.80. The number of nitrogens with one attached hydrogen (secondary N) is 2. The monoisotopic (exact) mass is 315 g/mol. The fourth-order valence-corrected chi connectivity index (χ4v) is 2.73. The molecule has 6 heteroatoms. The number of benzene rings is 1. The molecular formula is C17H21N3O3. The summed E-state index contributed by atoms with van der Waals surface area (Å²) in [5, 5.41) is 5.09. The fraction of sp³-hybridized carbons (Fsp3) is 0.412. The van der Waals surface area contributed by atoms with E-state index >= 15 is 0 Å². The molecule has 1 aromatic rings. The Labute approximate surface area is 135 Å². The van der Waals surface area contributed by atoms with Gasteiger partial charge >= 0.3 is 0 Å². The third-order valence-corrected chi connectivity index (χ3v) is 3.80. The quantitative estimate of drug-likeness (QED) is 0.508. The summed E-state index contributed by atoms with van der Waals surface area (Å²) in [5.74, 6) is -0.553. The number of aryl methyl sites for hydroxylation is 1. The molecule has 0 aliphatic carbocycles. The van der Waals surface area contributed by atoms with E-state index < -0.39 is 5.92 Å². The summed E-state index contributed by atoms with van der Waals surface area (Å²) in [7, 11) is 0. The average molecular weight is 315 g/mol. The van der Waals surface area contributed by atoms with Crippen LogP contribution >= 0.6 is 0 Å². The van der Waals surface area contributed by atoms with Crippen molar-refractivity contribution in [2.45, 2.75) is 46.0 Å². The molecule has 6 nitrogen and oxygen atoms in total. The van der Waals surface area contributed by atoms with Crippen LogP contribution in [0.5, 0.6) is 0 Å². The molecule has 0 aromatic heterocycles. The van der Waals surface area contributed by atoms with Gasteiger partial charge in [0.05, 0.1) is 11.6 Å². The van der Waals surface area contributed by atoms with Crippen LogP contribution in [0.4, 0.5) is 5.69 Å². The number of amides is 3. The first-order valence-electron chi connectivity index (χ1n) is 7.70. The number of carbonyl (C=O) groups excluding carboxylic acids is 3. The lowest BCUT2D eigenvalue weighted by atomic mass is 9.86. The van der Waals surface area contributed by atoms with Crippen LogP contribution in [0, 0.1) is 6.92 Å². The molecule has 1 aromatic carbocycles. The summed E-state index contributed by atoms with van der Waals surface area (Å²) in [6, 6.07) is 5.61. The Morgan fingerprint density at radius 3 is 2.74 bits per heavy atom. The summed E-state index contributed by atoms with van der Waals surface area (Å²) in [6.07, 6.45) is 1.36. The van der Waals surface area contributed by atoms with E-state index in [9.17, 15) is 14.4 Å². The first kappa shape index (κ1) is 16.9. The smallest absolute Gasteiger partial charge is 0.234 e. The van der Waals surface area contributed by atoms with Crippen LogP contribution in [-0.2, 0) is 14.4 Å². The number of hydrogen-bond acceptors (Lipinski definition) is 4. The van der Waals surface area contributed by atoms with Gasteiger partial charge in [0.25, 0.3) is 0 Å². The van der Waals surface area contributed by atoms with E-state index in [1.54, 1.807) is 0 Å². The van der Waals surface area contributed by atoms with E-state index in [4.69, 9.17) is 0 Å². The van der Waals surface area contributed by atoms with Crippen molar-refractivity contribution >= 4 is 29.2 Å². The topological polar surface area (TPSA) is 87.6 Å². The third kappa shape index (κ3) is 4.03. The summed E-state index contributed by atoms with van der Waals surface area (Å²) >= 11 is 0. The lowest BCUT2D eigenvalue weighted by Crippen LogP contribution is -2.39. The van der Waals surface area contributed by atoms with Crippen LogP contribution in [0.3, 0.4) is 0 Å². The van der Waals surface area contributed by atoms with Gasteiger partial charge in [-0.05, 0) is 30.5 Å². The SMILES string of the molecule is CCC(=Nc1cccc(C)c1C1CCC(=O)NC1=O)NC(C)=O. The second-order valence-electron chi connectivity index (χ2n) is 5.60. The Morgan fingerprint density at radius 2 is 2.13 bits per heavy atom. The number of hydrogen-bond donors (Lipinski definition) is 2. The number of carbonyl (C=O) groups is 3. The van der Waals surface area contributed by atoms with Gasteiger partial charge in [0.2, 0.25) is 17.7 Å². The van der Waals surface area contributed by atoms with E-state index in [0.717, 1.165) is 11.1 Å². The van der Waals surface area contributed by atoms with E-state index in [0.29, 0.717) is 30.8 Å². The highest BCUT2D eigenvalue weighted by atomic mass is 16.2. The molecule has 1 saturated heterocycles. The lowest BCUT2D eigenvalue weighted by molar-refractivity contribution is -0.134. The number of amidine groups is 1. The molecule has 0 radical (unpaired) electrons. The Bertz CT molecular complexity index is 680. The molecular weight excluding hydrogens is 294 g/mol. The molecule has 1 fully saturated rings. The van der Waals surface area contributed by atoms with Crippen LogP contribution in [0.25, 0.3) is 0 Å². The van der Waals surface area contributed by atoms with Crippen molar-refractivity contribution < 1.29 is 14.4 Å². The molecule has 0 spiro atoms. The fourth-order valence-electron chi connectivity index (χ4n) is 2.73. The summed E-state index contributed by atoms with van der Waals surface area (Å²) in [6.45, 7) is 5.25. The number of aliphatic imine (C=N–C) groups is 1. The summed E-state index contributed by atoms with van der Waals surface area (Å²) in [5.41, 5.74) is 2.41. The minimum atomic E-state index is -0.400. The highest BCUT2D eigenvalue weighted by molar-refractivity contribution is 6.02. The van der Waals surface area contributed by atoms with Crippen LogP contribution in [0.2, 0.25) is 0 Å². The Hall–Kier alpha value is -2.50. The molecule has 2 N–H and O–H groups in total. The van der Waals surface area contributed by atoms with E-state index in [1.807, 2.05) is 32.0 Å². The molecule has 0 bridgehead atoms. The van der Waals surface area contributed by atoms with Crippen LogP contribution in [0.15, 0.2) is 23.2 Å². The number of nitrogens with zero attached hydrogens (tertiary/aromatic N) is 1. The van der Waals surface area contributed by atoms with Crippen LogP contribution < -0.4 is 10.6 Å². The van der Waals surface area contributed by atoms with Crippen LogP contribution in [0.1, 0.15) is 50.2 Å². The maximum absolute atomic E-state index is 12.2. The van der Waals surface area contributed by atoms with Crippen molar-refractivity contribution in [1.29, 1.82) is 0 Å². The molecule has 3 amide bonds. The Kier molecular flexibility index (Phi) is 5.26. The van der Waals surface area contributed by atoms with Gasteiger partial charge in [0.15, 0.2) is 0 Å². The van der Waals surface area contributed by atoms with Gasteiger partial charge in [-0.15, -0.1) is 0 Å². The molecule has 1 atom stereocenters. The first-order valence-corrected chi connectivity index (χ1v) is 7.70. The Balaban J connectivity index is 2.44. The first-order chi connectivity index (χ1) is 10.9. The number of imide groups is 1. The van der Waals surface area contributed by atoms with Crippen molar-refractivity contribution in [3.63, 3.8) is 0 Å². The van der Waals surface area contributed by atoms with E-state index in [1.165, 1.54) is 6.92 Å². The van der Waals surface area contributed by atoms with Crippen molar-refractivity contribution in [2.75, 3.05) is 0 Å². The lowest BCUT2D eigenvalue weighted by Gasteiger charge is -2.24. The second-order valence-corrected chi connectivity index (χ2v) is 5.60. The summed E-state index contributed by atoms with van der Waals surface area (Å²) < 4.78 is 0. The van der Waals surface area contributed by atoms with Gasteiger partial charge in [0.1, 0.15) is 5.84 Å². The standard InChI is InChI=1S/C17H21N3O3/c1-4-14(18-11(3)21)19-13-7-5-6-10(2)16(13)12-8-9-15(22)20-17(12)23/h5-7,12H,4,8-9H2,1-3H3,(H,18,19,21)(H,20,22,23). The molecule has 122 valence electrons. The van der Waals surface area contributed by atoms with Gasteiger partial charge < -0.3 is 5.32 Å². The summed E-state index contributed by atoms with van der Waals surface area (Å²) in [4.78, 5) is 39.3. The number of rotatable bonds is 3. The van der Waals surface area contributed by atoms with Crippen molar-refractivity contribution in [1.82, 2.24) is 10.6 Å². The highest BCUT2D eigenvalue weighted by Gasteiger charge is 2.30. The van der Waals surface area contributed by atoms with Gasteiger partial charge in [-0.1, -0.05) is 19.1 Å². The van der Waals surface area contributed by atoms with Gasteiger partial charge in [-0.25, -0.2) is 4.99 Å². The van der Waals surface area contributed by atoms with Crippen LogP contribution in [-0.4, -0.2) is 23.6 Å². The normalized spacial score (nSPS) is 18.6. The molecule has 23 heavy (non-hydrogen) atoms. The maximum atomic E-state index is 12.2. The van der Waals surface area contributed by atoms with Gasteiger partial charge in [-0.2, -0.15) is 0 Å². The molecule has 1 unspecified atom stereocenters. The molecule has 2 rings (SSSR count). The maximum Gasteiger partial charge on any atom is 0.234 e. The minimum absolute atomic E-state index is 0.180. The average Bonchev–Trinajstić information content (AvgIpc) is 2.47. The predicted octanol–water partition coefficient (Wildman–Crippen LogP) is 2.09. The molecule has 1 aliphatic heterocycles. The van der Waals surface area contributed by atoms with Crippen molar-refractivity contribution in [3.8, 4) is 0 Å².